The number of carbonyl (C=O) groups excluding carboxylic acids is 2. The smallest absolute Gasteiger partial charge is 0.328 e. The molecule has 0 spiro atoms. The zero-order chi connectivity index (χ0) is 18.7. The Morgan fingerprint density at radius 1 is 1.35 bits per heavy atom. The largest absolute Gasteiger partial charge is 0.449 e. The van der Waals surface area contributed by atoms with Gasteiger partial charge in [-0.05, 0) is 54.1 Å². The summed E-state index contributed by atoms with van der Waals surface area (Å²) in [5.41, 5.74) is 6.55. The Labute approximate surface area is 178 Å². The fourth-order valence-electron chi connectivity index (χ4n) is 2.82. The SMILES string of the molecule is NC(=O)N(I)c1cc(-c2cccc(I)c2)oc1C(=O)N[C@H]1CCCNC1. The molecule has 1 aromatic heterocycles. The number of anilines is 1. The fourth-order valence-corrected chi connectivity index (χ4v) is 3.72. The molecule has 0 radical (unpaired) electrons. The average Bonchev–Trinajstić information content (AvgIpc) is 3.07. The van der Waals surface area contributed by atoms with Gasteiger partial charge in [-0.15, -0.1) is 0 Å². The maximum Gasteiger partial charge on any atom is 0.328 e. The van der Waals surface area contributed by atoms with Crippen LogP contribution in [0.15, 0.2) is 34.7 Å². The lowest BCUT2D eigenvalue weighted by Gasteiger charge is -2.23. The number of primary amides is 1. The van der Waals surface area contributed by atoms with Crippen molar-refractivity contribution in [2.24, 2.45) is 5.73 Å². The van der Waals surface area contributed by atoms with E-state index in [1.54, 1.807) is 28.9 Å². The summed E-state index contributed by atoms with van der Waals surface area (Å²) in [6, 6.07) is 8.72. The average molecular weight is 580 g/mol. The van der Waals surface area contributed by atoms with Gasteiger partial charge >= 0.3 is 6.03 Å². The van der Waals surface area contributed by atoms with Crippen molar-refractivity contribution in [3.63, 3.8) is 0 Å². The number of nitrogens with two attached hydrogens (primary N) is 1. The van der Waals surface area contributed by atoms with E-state index < -0.39 is 6.03 Å². The predicted molar refractivity (Wildman–Crippen MR) is 116 cm³/mol. The van der Waals surface area contributed by atoms with E-state index in [1.165, 1.54) is 3.11 Å². The second-order valence-electron chi connectivity index (χ2n) is 5.97. The Morgan fingerprint density at radius 3 is 2.81 bits per heavy atom. The van der Waals surface area contributed by atoms with Crippen molar-refractivity contribution in [3.8, 4) is 11.3 Å². The molecule has 2 aromatic rings. The van der Waals surface area contributed by atoms with Crippen molar-refractivity contribution in [2.45, 2.75) is 18.9 Å². The number of piperidine rings is 1. The highest BCUT2D eigenvalue weighted by atomic mass is 127. The summed E-state index contributed by atoms with van der Waals surface area (Å²) in [7, 11) is 0. The number of hydrogen-bond donors (Lipinski definition) is 3. The molecule has 0 bridgehead atoms. The number of hydrogen-bond acceptors (Lipinski definition) is 4. The number of benzene rings is 1. The van der Waals surface area contributed by atoms with Crippen LogP contribution in [0.4, 0.5) is 10.5 Å². The highest BCUT2D eigenvalue weighted by Gasteiger charge is 2.27. The first-order valence-electron chi connectivity index (χ1n) is 8.12. The van der Waals surface area contributed by atoms with Gasteiger partial charge in [0.05, 0.1) is 22.9 Å². The summed E-state index contributed by atoms with van der Waals surface area (Å²) in [6.45, 7) is 1.67. The third kappa shape index (κ3) is 4.49. The maximum atomic E-state index is 12.8. The van der Waals surface area contributed by atoms with Crippen molar-refractivity contribution >= 4 is 63.1 Å². The van der Waals surface area contributed by atoms with E-state index in [2.05, 4.69) is 33.2 Å². The summed E-state index contributed by atoms with van der Waals surface area (Å²) < 4.78 is 8.07. The van der Waals surface area contributed by atoms with Crippen LogP contribution in [0.25, 0.3) is 11.3 Å². The molecule has 4 N–H and O–H groups in total. The molecule has 2 heterocycles. The van der Waals surface area contributed by atoms with Gasteiger partial charge in [-0.1, -0.05) is 12.1 Å². The van der Waals surface area contributed by atoms with Crippen LogP contribution in [0.5, 0.6) is 0 Å². The lowest BCUT2D eigenvalue weighted by molar-refractivity contribution is 0.0904. The highest BCUT2D eigenvalue weighted by Crippen LogP contribution is 2.34. The molecule has 0 saturated carbocycles. The molecule has 1 saturated heterocycles. The Hall–Kier alpha value is -1.34. The summed E-state index contributed by atoms with van der Waals surface area (Å²) >= 11 is 3.98. The molecule has 0 aliphatic carbocycles. The van der Waals surface area contributed by atoms with Crippen molar-refractivity contribution in [1.29, 1.82) is 0 Å². The van der Waals surface area contributed by atoms with Crippen LogP contribution in [0.3, 0.4) is 0 Å². The number of amides is 3. The standard InChI is InChI=1S/C17H18I2N4O3/c18-11-4-1-3-10(7-11)14-8-13(23(19)17(20)25)15(26-14)16(24)22-12-5-2-6-21-9-12/h1,3-4,7-8,12,21H,2,5-6,9H2,(H2,20,25)(H,22,24)/t12-/m0/s1. The molecule has 138 valence electrons. The molecule has 1 fully saturated rings. The van der Waals surface area contributed by atoms with Gasteiger partial charge in [0.15, 0.2) is 0 Å². The van der Waals surface area contributed by atoms with Gasteiger partial charge in [-0.2, -0.15) is 0 Å². The Kier molecular flexibility index (Phi) is 6.40. The van der Waals surface area contributed by atoms with Crippen LogP contribution in [-0.4, -0.2) is 31.1 Å². The maximum absolute atomic E-state index is 12.8. The molecule has 26 heavy (non-hydrogen) atoms. The molecular weight excluding hydrogens is 562 g/mol. The number of furan rings is 1. The molecule has 7 nitrogen and oxygen atoms in total. The fraction of sp³-hybridized carbons (Fsp3) is 0.294. The summed E-state index contributed by atoms with van der Waals surface area (Å²) in [5.74, 6) is 0.236. The topological polar surface area (TPSA) is 101 Å². The van der Waals surface area contributed by atoms with Gasteiger partial charge in [-0.25, -0.2) is 7.91 Å². The molecule has 1 aromatic carbocycles. The van der Waals surface area contributed by atoms with Crippen LogP contribution < -0.4 is 19.5 Å². The normalized spacial score (nSPS) is 16.9. The van der Waals surface area contributed by atoms with Gasteiger partial charge in [0.2, 0.25) is 5.76 Å². The van der Waals surface area contributed by atoms with E-state index in [4.69, 9.17) is 10.2 Å². The third-order valence-corrected chi connectivity index (χ3v) is 5.73. The zero-order valence-electron chi connectivity index (χ0n) is 13.8. The zero-order valence-corrected chi connectivity index (χ0v) is 18.1. The molecule has 3 rings (SSSR count). The van der Waals surface area contributed by atoms with Crippen molar-refractivity contribution in [2.75, 3.05) is 16.2 Å². The number of carbonyl (C=O) groups is 2. The van der Waals surface area contributed by atoms with Crippen LogP contribution in [0.1, 0.15) is 23.4 Å². The van der Waals surface area contributed by atoms with Crippen molar-refractivity contribution in [1.82, 2.24) is 10.6 Å². The van der Waals surface area contributed by atoms with E-state index in [0.717, 1.165) is 35.1 Å². The number of rotatable bonds is 4. The molecule has 1 atom stereocenters. The second kappa shape index (κ2) is 8.57. The number of urea groups is 1. The van der Waals surface area contributed by atoms with Crippen molar-refractivity contribution in [3.05, 3.63) is 39.7 Å². The quantitative estimate of drug-likeness (QED) is 0.382. The minimum Gasteiger partial charge on any atom is -0.449 e. The summed E-state index contributed by atoms with van der Waals surface area (Å²) in [4.78, 5) is 24.4. The van der Waals surface area contributed by atoms with Gasteiger partial charge in [0.25, 0.3) is 5.91 Å². The van der Waals surface area contributed by atoms with Crippen LogP contribution in [0.2, 0.25) is 0 Å². The first-order valence-corrected chi connectivity index (χ1v) is 10.2. The van der Waals surface area contributed by atoms with Crippen LogP contribution >= 0.6 is 45.5 Å². The van der Waals surface area contributed by atoms with Gasteiger partial charge in [0.1, 0.15) is 11.4 Å². The van der Waals surface area contributed by atoms with E-state index >= 15 is 0 Å². The van der Waals surface area contributed by atoms with Crippen LogP contribution in [0, 0.1) is 3.57 Å². The highest BCUT2D eigenvalue weighted by molar-refractivity contribution is 14.1. The van der Waals surface area contributed by atoms with E-state index in [-0.39, 0.29) is 17.7 Å². The lowest BCUT2D eigenvalue weighted by atomic mass is 10.1. The van der Waals surface area contributed by atoms with Gasteiger partial charge in [-0.3, -0.25) is 4.79 Å². The molecular formula is C17H18I2N4O3. The summed E-state index contributed by atoms with van der Waals surface area (Å²) in [6.07, 6.45) is 1.91. The van der Waals surface area contributed by atoms with E-state index in [9.17, 15) is 9.59 Å². The van der Waals surface area contributed by atoms with Gasteiger partial charge < -0.3 is 20.8 Å². The van der Waals surface area contributed by atoms with Gasteiger partial charge in [0, 0.05) is 27.8 Å². The van der Waals surface area contributed by atoms with E-state index in [0.29, 0.717) is 11.4 Å². The minimum absolute atomic E-state index is 0.0339. The Bertz CT molecular complexity index is 818. The number of halogens is 2. The molecule has 1 aliphatic heterocycles. The Balaban J connectivity index is 1.93. The number of nitrogens with one attached hydrogen (secondary N) is 2. The second-order valence-corrected chi connectivity index (χ2v) is 8.18. The summed E-state index contributed by atoms with van der Waals surface area (Å²) in [5, 5.41) is 6.22. The lowest BCUT2D eigenvalue weighted by Crippen LogP contribution is -2.45. The number of nitrogens with zero attached hydrogens (tertiary/aromatic N) is 1. The molecule has 9 heteroatoms. The molecule has 0 unspecified atom stereocenters. The van der Waals surface area contributed by atoms with E-state index in [1.807, 2.05) is 24.3 Å². The third-order valence-electron chi connectivity index (χ3n) is 4.06. The Morgan fingerprint density at radius 2 is 2.15 bits per heavy atom. The minimum atomic E-state index is -0.672. The molecule has 1 aliphatic rings. The van der Waals surface area contributed by atoms with Crippen LogP contribution in [-0.2, 0) is 0 Å². The molecule has 3 amide bonds. The first-order chi connectivity index (χ1) is 12.5. The van der Waals surface area contributed by atoms with Crippen molar-refractivity contribution < 1.29 is 14.0 Å². The monoisotopic (exact) mass is 580 g/mol. The first kappa shape index (κ1) is 19.4. The predicted octanol–water partition coefficient (Wildman–Crippen LogP) is 3.27.